The number of hydrogen-bond acceptors (Lipinski definition) is 2. The highest BCUT2D eigenvalue weighted by Gasteiger charge is 2.41. The molecule has 0 aromatic heterocycles. The third-order valence-electron chi connectivity index (χ3n) is 10.6. The SMILES string of the molecule is CN(CC1(c2ccc(Cl)cc2)CCC1)C1CCCCC1.Cl.Clc1ccc(C2(NCC3CCCCC3)CCC2)cc1. The molecule has 4 aliphatic rings. The maximum Gasteiger partial charge on any atom is 0.0434 e. The molecule has 0 amide bonds. The first-order chi connectivity index (χ1) is 19.0. The summed E-state index contributed by atoms with van der Waals surface area (Å²) in [5.74, 6) is 0.901. The van der Waals surface area contributed by atoms with Crippen molar-refractivity contribution in [2.24, 2.45) is 5.92 Å². The van der Waals surface area contributed by atoms with Crippen LogP contribution in [0, 0.1) is 5.92 Å². The van der Waals surface area contributed by atoms with Gasteiger partial charge in [-0.1, -0.05) is 92.4 Å². The molecule has 222 valence electrons. The normalized spacial score (nSPS) is 22.3. The Hall–Kier alpha value is -0.770. The highest BCUT2D eigenvalue weighted by Crippen LogP contribution is 2.45. The zero-order valence-corrected chi connectivity index (χ0v) is 26.9. The van der Waals surface area contributed by atoms with E-state index in [1.165, 1.54) is 127 Å². The number of rotatable bonds is 8. The van der Waals surface area contributed by atoms with Crippen molar-refractivity contribution in [3.05, 3.63) is 69.7 Å². The Kier molecular flexibility index (Phi) is 12.1. The van der Waals surface area contributed by atoms with Gasteiger partial charge in [0.2, 0.25) is 0 Å². The average molecular weight is 606 g/mol. The summed E-state index contributed by atoms with van der Waals surface area (Å²) in [6, 6.07) is 17.9. The lowest BCUT2D eigenvalue weighted by molar-refractivity contribution is 0.108. The lowest BCUT2D eigenvalue weighted by atomic mass is 9.64. The number of benzene rings is 2. The predicted octanol–water partition coefficient (Wildman–Crippen LogP) is 10.3. The van der Waals surface area contributed by atoms with Crippen molar-refractivity contribution >= 4 is 35.6 Å². The van der Waals surface area contributed by atoms with Crippen molar-refractivity contribution in [2.75, 3.05) is 20.1 Å². The minimum atomic E-state index is 0. The first-order valence-corrected chi connectivity index (χ1v) is 16.7. The number of nitrogens with one attached hydrogen (secondary N) is 1. The minimum Gasteiger partial charge on any atom is -0.307 e. The minimum absolute atomic E-state index is 0. The monoisotopic (exact) mass is 604 g/mol. The Labute approximate surface area is 260 Å². The maximum absolute atomic E-state index is 6.04. The molecule has 0 bridgehead atoms. The van der Waals surface area contributed by atoms with Crippen LogP contribution in [0.15, 0.2) is 48.5 Å². The molecule has 0 unspecified atom stereocenters. The van der Waals surface area contributed by atoms with Crippen molar-refractivity contribution < 1.29 is 0 Å². The molecular weight excluding hydrogens is 555 g/mol. The average Bonchev–Trinajstić information content (AvgIpc) is 2.93. The van der Waals surface area contributed by atoms with Gasteiger partial charge < -0.3 is 10.2 Å². The van der Waals surface area contributed by atoms with Crippen LogP contribution >= 0.6 is 35.6 Å². The van der Waals surface area contributed by atoms with Crippen molar-refractivity contribution in [3.8, 4) is 0 Å². The van der Waals surface area contributed by atoms with Crippen LogP contribution in [0.1, 0.15) is 114 Å². The van der Waals surface area contributed by atoms with Crippen LogP contribution in [0.2, 0.25) is 10.0 Å². The van der Waals surface area contributed by atoms with Crippen LogP contribution in [0.25, 0.3) is 0 Å². The molecule has 2 nitrogen and oxygen atoms in total. The first kappa shape index (κ1) is 32.2. The van der Waals surface area contributed by atoms with Crippen molar-refractivity contribution in [1.82, 2.24) is 10.2 Å². The third kappa shape index (κ3) is 7.99. The van der Waals surface area contributed by atoms with Gasteiger partial charge in [0.15, 0.2) is 0 Å². The second-order valence-electron chi connectivity index (χ2n) is 13.2. The van der Waals surface area contributed by atoms with Gasteiger partial charge >= 0.3 is 0 Å². The van der Waals surface area contributed by atoms with E-state index in [1.54, 1.807) is 0 Å². The van der Waals surface area contributed by atoms with Crippen LogP contribution in [-0.2, 0) is 11.0 Å². The van der Waals surface area contributed by atoms with E-state index in [0.717, 1.165) is 22.0 Å². The van der Waals surface area contributed by atoms with Gasteiger partial charge in [-0.2, -0.15) is 0 Å². The number of hydrogen-bond donors (Lipinski definition) is 1. The van der Waals surface area contributed by atoms with Crippen molar-refractivity contribution in [3.63, 3.8) is 0 Å². The summed E-state index contributed by atoms with van der Waals surface area (Å²) >= 11 is 12.0. The standard InChI is InChI=1S/C18H26ClN.C17H24ClN.ClH/c1-20(17-6-3-2-4-7-17)14-18(12-5-13-18)15-8-10-16(19)11-9-15;18-16-9-7-15(8-10-16)17(11-4-12-17)19-13-14-5-2-1-3-6-14;/h8-11,17H,2-7,12-14H2,1H3;7-10,14,19H,1-6,11-13H2;1H. The van der Waals surface area contributed by atoms with E-state index in [1.807, 2.05) is 12.1 Å². The highest BCUT2D eigenvalue weighted by molar-refractivity contribution is 6.30. The number of nitrogens with zero attached hydrogens (tertiary/aromatic N) is 1. The van der Waals surface area contributed by atoms with Gasteiger partial charge in [0.25, 0.3) is 0 Å². The Morgan fingerprint density at radius 2 is 1.18 bits per heavy atom. The summed E-state index contributed by atoms with van der Waals surface area (Å²) in [6.07, 6.45) is 22.2. The predicted molar refractivity (Wildman–Crippen MR) is 175 cm³/mol. The second kappa shape index (κ2) is 15.1. The third-order valence-corrected chi connectivity index (χ3v) is 11.1. The fourth-order valence-electron chi connectivity index (χ4n) is 7.67. The molecule has 0 radical (unpaired) electrons. The van der Waals surface area contributed by atoms with E-state index >= 15 is 0 Å². The molecule has 2 aromatic rings. The summed E-state index contributed by atoms with van der Waals surface area (Å²) in [6.45, 7) is 2.42. The van der Waals surface area contributed by atoms with Crippen molar-refractivity contribution in [1.29, 1.82) is 0 Å². The molecule has 4 aliphatic carbocycles. The van der Waals surface area contributed by atoms with Crippen LogP contribution in [0.3, 0.4) is 0 Å². The summed E-state index contributed by atoms with van der Waals surface area (Å²) in [5.41, 5.74) is 3.58. The summed E-state index contributed by atoms with van der Waals surface area (Å²) < 4.78 is 0. The lowest BCUT2D eigenvalue weighted by Crippen LogP contribution is -2.49. The van der Waals surface area contributed by atoms with E-state index in [4.69, 9.17) is 23.2 Å². The summed E-state index contributed by atoms with van der Waals surface area (Å²) in [5, 5.41) is 5.58. The molecule has 0 aliphatic heterocycles. The number of halogens is 3. The Bertz CT molecular complexity index is 1000. The Morgan fingerprint density at radius 1 is 0.675 bits per heavy atom. The smallest absolute Gasteiger partial charge is 0.0434 e. The molecule has 4 saturated carbocycles. The molecule has 0 atom stereocenters. The lowest BCUT2D eigenvalue weighted by Gasteiger charge is -2.47. The van der Waals surface area contributed by atoms with E-state index in [-0.39, 0.29) is 17.9 Å². The van der Waals surface area contributed by atoms with Crippen LogP contribution in [0.5, 0.6) is 0 Å². The molecule has 0 saturated heterocycles. The highest BCUT2D eigenvalue weighted by atomic mass is 35.5. The van der Waals surface area contributed by atoms with E-state index < -0.39 is 0 Å². The zero-order valence-electron chi connectivity index (χ0n) is 24.6. The van der Waals surface area contributed by atoms with Gasteiger partial charge in [-0.05, 0) is 113 Å². The van der Waals surface area contributed by atoms with Gasteiger partial charge in [0.05, 0.1) is 0 Å². The van der Waals surface area contributed by atoms with E-state index in [2.05, 4.69) is 53.7 Å². The first-order valence-electron chi connectivity index (χ1n) is 16.0. The van der Waals surface area contributed by atoms with E-state index in [9.17, 15) is 0 Å². The Morgan fingerprint density at radius 3 is 1.65 bits per heavy atom. The second-order valence-corrected chi connectivity index (χ2v) is 14.0. The molecular formula is C35H51Cl3N2. The van der Waals surface area contributed by atoms with Gasteiger partial charge in [0, 0.05) is 33.6 Å². The van der Waals surface area contributed by atoms with Gasteiger partial charge in [-0.15, -0.1) is 12.4 Å². The topological polar surface area (TPSA) is 15.3 Å². The largest absolute Gasteiger partial charge is 0.307 e. The fourth-order valence-corrected chi connectivity index (χ4v) is 7.92. The molecule has 0 heterocycles. The van der Waals surface area contributed by atoms with Gasteiger partial charge in [-0.25, -0.2) is 0 Å². The number of likely N-dealkylation sites (N-methyl/N-ethyl adjacent to an activating group) is 1. The van der Waals surface area contributed by atoms with Crippen LogP contribution < -0.4 is 5.32 Å². The summed E-state index contributed by atoms with van der Waals surface area (Å²) in [4.78, 5) is 2.65. The molecule has 2 aromatic carbocycles. The fraction of sp³-hybridized carbons (Fsp3) is 0.657. The quantitative estimate of drug-likeness (QED) is 0.322. The molecule has 4 fully saturated rings. The van der Waals surface area contributed by atoms with Gasteiger partial charge in [0.1, 0.15) is 0 Å². The maximum atomic E-state index is 6.04. The Balaban J connectivity index is 0.000000181. The van der Waals surface area contributed by atoms with Crippen LogP contribution in [0.4, 0.5) is 0 Å². The van der Waals surface area contributed by atoms with E-state index in [0.29, 0.717) is 5.41 Å². The van der Waals surface area contributed by atoms with Gasteiger partial charge in [-0.3, -0.25) is 0 Å². The molecule has 6 rings (SSSR count). The summed E-state index contributed by atoms with van der Waals surface area (Å²) in [7, 11) is 2.34. The molecule has 40 heavy (non-hydrogen) atoms. The molecule has 5 heteroatoms. The molecule has 1 N–H and O–H groups in total. The van der Waals surface area contributed by atoms with Crippen LogP contribution in [-0.4, -0.2) is 31.1 Å². The zero-order chi connectivity index (χ0) is 27.1. The molecule has 0 spiro atoms. The van der Waals surface area contributed by atoms with Crippen molar-refractivity contribution in [2.45, 2.75) is 120 Å².